The number of rotatable bonds is 5. The third-order valence-electron chi connectivity index (χ3n) is 4.21. The number of carbonyl (C=O) groups is 1. The second kappa shape index (κ2) is 7.25. The van der Waals surface area contributed by atoms with Crippen molar-refractivity contribution in [2.24, 2.45) is 0 Å². The highest BCUT2D eigenvalue weighted by atomic mass is 16.2. The van der Waals surface area contributed by atoms with E-state index in [1.54, 1.807) is 29.1 Å². The summed E-state index contributed by atoms with van der Waals surface area (Å²) in [6.07, 6.45) is 5.18. The number of nitrogens with zero attached hydrogens (tertiary/aromatic N) is 4. The Morgan fingerprint density at radius 2 is 1.96 bits per heavy atom. The van der Waals surface area contributed by atoms with Gasteiger partial charge in [-0.2, -0.15) is 5.10 Å². The maximum atomic E-state index is 12.5. The van der Waals surface area contributed by atoms with Crippen molar-refractivity contribution in [2.75, 3.05) is 5.32 Å². The zero-order chi connectivity index (χ0) is 18.6. The minimum atomic E-state index is -0.173. The number of benzene rings is 2. The van der Waals surface area contributed by atoms with Crippen molar-refractivity contribution in [3.63, 3.8) is 0 Å². The van der Waals surface area contributed by atoms with Gasteiger partial charge in [0, 0.05) is 31.0 Å². The molecule has 0 radical (unpaired) electrons. The van der Waals surface area contributed by atoms with Crippen molar-refractivity contribution in [1.29, 1.82) is 0 Å². The number of aromatic nitrogens is 4. The number of hydrogen-bond acceptors (Lipinski definition) is 4. The summed E-state index contributed by atoms with van der Waals surface area (Å²) in [7, 11) is 0. The van der Waals surface area contributed by atoms with Crippen LogP contribution in [0.2, 0.25) is 0 Å². The standard InChI is InChI=1S/C20H17N5O2/c26-19(23-15-5-3-6-16(13-15)25-11-4-10-22-25)9-12-24-14-21-18-8-2-1-7-17(18)20(24)27/h1-8,10-11,13-14H,9,12H2,(H,23,26). The summed E-state index contributed by atoms with van der Waals surface area (Å²) in [4.78, 5) is 29.0. The van der Waals surface area contributed by atoms with E-state index in [1.165, 1.54) is 10.9 Å². The fourth-order valence-electron chi connectivity index (χ4n) is 2.86. The van der Waals surface area contributed by atoms with Gasteiger partial charge in [-0.1, -0.05) is 18.2 Å². The number of para-hydroxylation sites is 1. The van der Waals surface area contributed by atoms with Gasteiger partial charge in [-0.15, -0.1) is 0 Å². The molecule has 0 saturated carbocycles. The third-order valence-corrected chi connectivity index (χ3v) is 4.21. The van der Waals surface area contributed by atoms with Crippen LogP contribution in [-0.2, 0) is 11.3 Å². The Bertz CT molecular complexity index is 1150. The number of carbonyl (C=O) groups excluding carboxylic acids is 1. The molecule has 0 bridgehead atoms. The number of hydrogen-bond donors (Lipinski definition) is 1. The molecule has 0 atom stereocenters. The molecule has 0 spiro atoms. The summed E-state index contributed by atoms with van der Waals surface area (Å²) in [6.45, 7) is 0.265. The maximum absolute atomic E-state index is 12.5. The van der Waals surface area contributed by atoms with Crippen LogP contribution >= 0.6 is 0 Å². The quantitative estimate of drug-likeness (QED) is 0.594. The van der Waals surface area contributed by atoms with Crippen LogP contribution in [0.15, 0.2) is 78.1 Å². The predicted octanol–water partition coefficient (Wildman–Crippen LogP) is 2.61. The number of anilines is 1. The molecule has 4 rings (SSSR count). The summed E-state index contributed by atoms with van der Waals surface area (Å²) < 4.78 is 3.18. The lowest BCUT2D eigenvalue weighted by Crippen LogP contribution is -2.23. The van der Waals surface area contributed by atoms with Crippen molar-refractivity contribution < 1.29 is 4.79 Å². The molecule has 0 aliphatic rings. The molecule has 0 saturated heterocycles. The lowest BCUT2D eigenvalue weighted by Gasteiger charge is -2.09. The molecule has 1 N–H and O–H groups in total. The van der Waals surface area contributed by atoms with E-state index < -0.39 is 0 Å². The molecule has 0 unspecified atom stereocenters. The Morgan fingerprint density at radius 3 is 2.81 bits per heavy atom. The molecule has 7 nitrogen and oxygen atoms in total. The Hall–Kier alpha value is -3.74. The maximum Gasteiger partial charge on any atom is 0.261 e. The van der Waals surface area contributed by atoms with Crippen LogP contribution in [0.1, 0.15) is 6.42 Å². The first-order valence-electron chi connectivity index (χ1n) is 8.55. The van der Waals surface area contributed by atoms with Crippen molar-refractivity contribution in [2.45, 2.75) is 13.0 Å². The molecule has 4 aromatic rings. The molecule has 0 fully saturated rings. The molecule has 7 heteroatoms. The molecule has 0 aliphatic heterocycles. The van der Waals surface area contributed by atoms with E-state index in [0.717, 1.165) is 5.69 Å². The summed E-state index contributed by atoms with van der Waals surface area (Å²) >= 11 is 0. The van der Waals surface area contributed by atoms with E-state index in [-0.39, 0.29) is 24.4 Å². The lowest BCUT2D eigenvalue weighted by atomic mass is 10.2. The van der Waals surface area contributed by atoms with Gasteiger partial charge >= 0.3 is 0 Å². The van der Waals surface area contributed by atoms with Gasteiger partial charge in [0.2, 0.25) is 5.91 Å². The first-order chi connectivity index (χ1) is 13.2. The topological polar surface area (TPSA) is 81.8 Å². The van der Waals surface area contributed by atoms with Crippen LogP contribution in [-0.4, -0.2) is 25.2 Å². The second-order valence-electron chi connectivity index (χ2n) is 6.06. The van der Waals surface area contributed by atoms with Gasteiger partial charge in [0.05, 0.1) is 22.9 Å². The molecular weight excluding hydrogens is 342 g/mol. The van der Waals surface area contributed by atoms with Gasteiger partial charge in [-0.05, 0) is 36.4 Å². The molecule has 0 aliphatic carbocycles. The molecule has 134 valence electrons. The van der Waals surface area contributed by atoms with Crippen LogP contribution in [0.4, 0.5) is 5.69 Å². The largest absolute Gasteiger partial charge is 0.326 e. The van der Waals surface area contributed by atoms with Crippen LogP contribution in [0, 0.1) is 0 Å². The number of amides is 1. The summed E-state index contributed by atoms with van der Waals surface area (Å²) in [5.74, 6) is -0.173. The van der Waals surface area contributed by atoms with Gasteiger partial charge in [-0.25, -0.2) is 9.67 Å². The highest BCUT2D eigenvalue weighted by Gasteiger charge is 2.07. The van der Waals surface area contributed by atoms with Crippen molar-refractivity contribution in [1.82, 2.24) is 19.3 Å². The van der Waals surface area contributed by atoms with Gasteiger partial charge in [0.15, 0.2) is 0 Å². The Balaban J connectivity index is 1.44. The Labute approximate surface area is 154 Å². The molecule has 27 heavy (non-hydrogen) atoms. The molecule has 1 amide bonds. The van der Waals surface area contributed by atoms with E-state index in [4.69, 9.17) is 0 Å². The second-order valence-corrected chi connectivity index (χ2v) is 6.06. The average Bonchev–Trinajstić information content (AvgIpc) is 3.23. The zero-order valence-electron chi connectivity index (χ0n) is 14.4. The smallest absolute Gasteiger partial charge is 0.261 e. The van der Waals surface area contributed by atoms with E-state index in [0.29, 0.717) is 16.6 Å². The van der Waals surface area contributed by atoms with Crippen molar-refractivity contribution in [3.05, 3.63) is 83.7 Å². The van der Waals surface area contributed by atoms with Crippen LogP contribution in [0.25, 0.3) is 16.6 Å². The first kappa shape index (κ1) is 16.7. The monoisotopic (exact) mass is 359 g/mol. The number of aryl methyl sites for hydroxylation is 1. The van der Waals surface area contributed by atoms with Crippen LogP contribution in [0.3, 0.4) is 0 Å². The Kier molecular flexibility index (Phi) is 4.49. The highest BCUT2D eigenvalue weighted by Crippen LogP contribution is 2.14. The third kappa shape index (κ3) is 3.62. The van der Waals surface area contributed by atoms with Crippen LogP contribution < -0.4 is 10.9 Å². The highest BCUT2D eigenvalue weighted by molar-refractivity contribution is 5.91. The SMILES string of the molecule is O=C(CCn1cnc2ccccc2c1=O)Nc1cccc(-n2cccn2)c1. The van der Waals surface area contributed by atoms with Crippen molar-refractivity contribution >= 4 is 22.5 Å². The zero-order valence-corrected chi connectivity index (χ0v) is 14.4. The molecule has 2 heterocycles. The number of nitrogens with one attached hydrogen (secondary N) is 1. The minimum absolute atomic E-state index is 0.144. The first-order valence-corrected chi connectivity index (χ1v) is 8.55. The van der Waals surface area contributed by atoms with Gasteiger partial charge in [0.25, 0.3) is 5.56 Å². The summed E-state index contributed by atoms with van der Waals surface area (Å²) in [5.41, 5.74) is 2.04. The normalized spacial score (nSPS) is 10.8. The molecular formula is C20H17N5O2. The van der Waals surface area contributed by atoms with Crippen LogP contribution in [0.5, 0.6) is 0 Å². The van der Waals surface area contributed by atoms with Gasteiger partial charge < -0.3 is 5.32 Å². The summed E-state index contributed by atoms with van der Waals surface area (Å²) in [5, 5.41) is 7.58. The summed E-state index contributed by atoms with van der Waals surface area (Å²) in [6, 6.07) is 16.4. The fourth-order valence-corrected chi connectivity index (χ4v) is 2.86. The lowest BCUT2D eigenvalue weighted by molar-refractivity contribution is -0.116. The van der Waals surface area contributed by atoms with E-state index in [2.05, 4.69) is 15.4 Å². The predicted molar refractivity (Wildman–Crippen MR) is 103 cm³/mol. The number of fused-ring (bicyclic) bond motifs is 1. The van der Waals surface area contributed by atoms with E-state index in [1.807, 2.05) is 42.6 Å². The van der Waals surface area contributed by atoms with Gasteiger partial charge in [0.1, 0.15) is 0 Å². The Morgan fingerprint density at radius 1 is 1.07 bits per heavy atom. The van der Waals surface area contributed by atoms with Crippen molar-refractivity contribution in [3.8, 4) is 5.69 Å². The molecule has 2 aromatic heterocycles. The van der Waals surface area contributed by atoms with E-state index in [9.17, 15) is 9.59 Å². The molecule has 2 aromatic carbocycles. The van der Waals surface area contributed by atoms with E-state index >= 15 is 0 Å². The average molecular weight is 359 g/mol. The van der Waals surface area contributed by atoms with Gasteiger partial charge in [-0.3, -0.25) is 14.2 Å². The fraction of sp³-hybridized carbons (Fsp3) is 0.100. The minimum Gasteiger partial charge on any atom is -0.326 e.